The van der Waals surface area contributed by atoms with E-state index in [1.807, 2.05) is 27.7 Å². The molecule has 0 aliphatic rings. The zero-order valence-electron chi connectivity index (χ0n) is 16.2. The first kappa shape index (κ1) is 21.9. The van der Waals surface area contributed by atoms with E-state index in [4.69, 9.17) is 15.2 Å². The zero-order chi connectivity index (χ0) is 19.9. The Morgan fingerprint density at radius 3 is 2.38 bits per heavy atom. The van der Waals surface area contributed by atoms with Crippen molar-refractivity contribution in [2.24, 2.45) is 11.8 Å². The number of methoxy groups -OCH3 is 1. The number of nitrogens with zero attached hydrogens (tertiary/aromatic N) is 2. The Balaban J connectivity index is 3.27. The molecule has 0 fully saturated rings. The van der Waals surface area contributed by atoms with Crippen molar-refractivity contribution < 1.29 is 14.3 Å². The fourth-order valence-electron chi connectivity index (χ4n) is 2.45. The molecule has 0 atom stereocenters. The Labute approximate surface area is 153 Å². The minimum Gasteiger partial charge on any atom is -0.383 e. The summed E-state index contributed by atoms with van der Waals surface area (Å²) in [6.45, 7) is 8.71. The van der Waals surface area contributed by atoms with Crippen LogP contribution in [0.5, 0.6) is 0 Å². The molecule has 0 spiro atoms. The molecule has 1 amide bonds. The van der Waals surface area contributed by atoms with Crippen LogP contribution in [-0.2, 0) is 20.8 Å². The number of aromatic nitrogens is 2. The topological polar surface area (TPSA) is 120 Å². The van der Waals surface area contributed by atoms with Gasteiger partial charge in [0.25, 0.3) is 11.5 Å². The Morgan fingerprint density at radius 1 is 1.19 bits per heavy atom. The maximum absolute atomic E-state index is 12.6. The molecule has 0 saturated carbocycles. The number of amides is 1. The number of carbonyl (C=O) groups is 1. The molecule has 0 radical (unpaired) electrons. The van der Waals surface area contributed by atoms with E-state index in [2.05, 4.69) is 4.98 Å². The molecule has 1 aromatic heterocycles. The minimum absolute atomic E-state index is 0.0145. The monoisotopic (exact) mass is 370 g/mol. The largest absolute Gasteiger partial charge is 0.383 e. The maximum Gasteiger partial charge on any atom is 0.330 e. The molecule has 0 aliphatic carbocycles. The summed E-state index contributed by atoms with van der Waals surface area (Å²) in [6.07, 6.45) is 0. The van der Waals surface area contributed by atoms with Crippen LogP contribution in [0.4, 0.5) is 11.5 Å². The number of rotatable bonds is 10. The Kier molecular flexibility index (Phi) is 8.53. The lowest BCUT2D eigenvalue weighted by Gasteiger charge is -2.26. The molecule has 0 bridgehead atoms. The number of anilines is 2. The molecule has 9 heteroatoms. The highest BCUT2D eigenvalue weighted by atomic mass is 16.5. The van der Waals surface area contributed by atoms with Crippen LogP contribution < -0.4 is 21.9 Å². The van der Waals surface area contributed by atoms with Crippen LogP contribution in [-0.4, -0.2) is 48.9 Å². The molecule has 9 nitrogen and oxygen atoms in total. The van der Waals surface area contributed by atoms with E-state index >= 15 is 0 Å². The SMILES string of the molecule is COCCOCC(=O)N(CC(C)C)c1c(N)n(CC(C)C)c(=O)[nH]c1=O. The quantitative estimate of drug-likeness (QED) is 0.576. The second-order valence-electron chi connectivity index (χ2n) is 6.94. The van der Waals surface area contributed by atoms with Crippen molar-refractivity contribution in [3.63, 3.8) is 0 Å². The van der Waals surface area contributed by atoms with Crippen LogP contribution in [0, 0.1) is 11.8 Å². The molecule has 0 aromatic carbocycles. The van der Waals surface area contributed by atoms with Gasteiger partial charge in [0, 0.05) is 20.2 Å². The van der Waals surface area contributed by atoms with E-state index in [-0.39, 0.29) is 43.1 Å². The second-order valence-corrected chi connectivity index (χ2v) is 6.94. The Bertz CT molecular complexity index is 708. The van der Waals surface area contributed by atoms with Gasteiger partial charge in [-0.3, -0.25) is 19.1 Å². The van der Waals surface area contributed by atoms with Gasteiger partial charge in [-0.05, 0) is 11.8 Å². The molecule has 148 valence electrons. The normalized spacial score (nSPS) is 11.3. The first-order valence-corrected chi connectivity index (χ1v) is 8.68. The third kappa shape index (κ3) is 5.99. The third-order valence-corrected chi connectivity index (χ3v) is 3.54. The van der Waals surface area contributed by atoms with E-state index in [0.29, 0.717) is 13.2 Å². The first-order chi connectivity index (χ1) is 12.2. The van der Waals surface area contributed by atoms with Crippen LogP contribution in [0.25, 0.3) is 0 Å². The number of hydrogen-bond donors (Lipinski definition) is 2. The summed E-state index contributed by atoms with van der Waals surface area (Å²) in [4.78, 5) is 40.7. The summed E-state index contributed by atoms with van der Waals surface area (Å²) in [5.74, 6) is -0.192. The van der Waals surface area contributed by atoms with E-state index in [1.54, 1.807) is 0 Å². The highest BCUT2D eigenvalue weighted by Crippen LogP contribution is 2.19. The molecular weight excluding hydrogens is 340 g/mol. The van der Waals surface area contributed by atoms with Gasteiger partial charge in [-0.25, -0.2) is 4.79 Å². The van der Waals surface area contributed by atoms with Gasteiger partial charge >= 0.3 is 5.69 Å². The van der Waals surface area contributed by atoms with Gasteiger partial charge in [-0.1, -0.05) is 27.7 Å². The van der Waals surface area contributed by atoms with E-state index < -0.39 is 17.2 Å². The van der Waals surface area contributed by atoms with Crippen molar-refractivity contribution in [1.82, 2.24) is 9.55 Å². The average Bonchev–Trinajstić information content (AvgIpc) is 2.53. The predicted molar refractivity (Wildman–Crippen MR) is 100 cm³/mol. The van der Waals surface area contributed by atoms with Crippen LogP contribution in [0.2, 0.25) is 0 Å². The van der Waals surface area contributed by atoms with Gasteiger partial charge in [0.2, 0.25) is 0 Å². The molecule has 0 unspecified atom stereocenters. The molecule has 1 aromatic rings. The number of carbonyl (C=O) groups excluding carboxylic acids is 1. The van der Waals surface area contributed by atoms with Crippen molar-refractivity contribution >= 4 is 17.4 Å². The van der Waals surface area contributed by atoms with Crippen LogP contribution in [0.3, 0.4) is 0 Å². The van der Waals surface area contributed by atoms with Crippen molar-refractivity contribution in [1.29, 1.82) is 0 Å². The van der Waals surface area contributed by atoms with Crippen molar-refractivity contribution in [2.45, 2.75) is 34.2 Å². The molecule has 1 heterocycles. The molecule has 0 saturated heterocycles. The Morgan fingerprint density at radius 2 is 1.85 bits per heavy atom. The standard InChI is InChI=1S/C17H30N4O5/c1-11(2)8-20(13(22)10-26-7-6-25-5)14-15(18)21(9-12(3)4)17(24)19-16(14)23/h11-12H,6-10,18H2,1-5H3,(H,19,23,24). The molecule has 3 N–H and O–H groups in total. The summed E-state index contributed by atoms with van der Waals surface area (Å²) >= 11 is 0. The van der Waals surface area contributed by atoms with Gasteiger partial charge in [0.05, 0.1) is 13.2 Å². The highest BCUT2D eigenvalue weighted by molar-refractivity contribution is 5.96. The van der Waals surface area contributed by atoms with E-state index in [1.165, 1.54) is 16.6 Å². The number of nitrogen functional groups attached to an aromatic ring is 1. The maximum atomic E-state index is 12.6. The first-order valence-electron chi connectivity index (χ1n) is 8.68. The van der Waals surface area contributed by atoms with Crippen LogP contribution >= 0.6 is 0 Å². The fraction of sp³-hybridized carbons (Fsp3) is 0.706. The molecular formula is C17H30N4O5. The highest BCUT2D eigenvalue weighted by Gasteiger charge is 2.25. The summed E-state index contributed by atoms with van der Waals surface area (Å²) in [5, 5.41) is 0. The minimum atomic E-state index is -0.682. The number of H-pyrrole nitrogens is 1. The summed E-state index contributed by atoms with van der Waals surface area (Å²) in [7, 11) is 1.54. The number of nitrogens with two attached hydrogens (primary N) is 1. The number of hydrogen-bond acceptors (Lipinski definition) is 6. The lowest BCUT2D eigenvalue weighted by molar-refractivity contribution is -0.123. The summed E-state index contributed by atoms with van der Waals surface area (Å²) in [6, 6.07) is 0. The molecule has 0 aliphatic heterocycles. The van der Waals surface area contributed by atoms with Crippen LogP contribution in [0.1, 0.15) is 27.7 Å². The van der Waals surface area contributed by atoms with Gasteiger partial charge in [-0.2, -0.15) is 0 Å². The van der Waals surface area contributed by atoms with Crippen LogP contribution in [0.15, 0.2) is 9.59 Å². The summed E-state index contributed by atoms with van der Waals surface area (Å²) < 4.78 is 11.4. The average molecular weight is 370 g/mol. The lowest BCUT2D eigenvalue weighted by atomic mass is 10.2. The van der Waals surface area contributed by atoms with E-state index in [9.17, 15) is 14.4 Å². The predicted octanol–water partition coefficient (Wildman–Crippen LogP) is 0.427. The summed E-state index contributed by atoms with van der Waals surface area (Å²) in [5.41, 5.74) is 4.83. The van der Waals surface area contributed by atoms with E-state index in [0.717, 1.165) is 0 Å². The van der Waals surface area contributed by atoms with Gasteiger partial charge in [0.15, 0.2) is 5.69 Å². The number of nitrogens with one attached hydrogen (secondary N) is 1. The third-order valence-electron chi connectivity index (χ3n) is 3.54. The van der Waals surface area contributed by atoms with Gasteiger partial charge in [0.1, 0.15) is 12.4 Å². The van der Waals surface area contributed by atoms with Crippen molar-refractivity contribution in [3.05, 3.63) is 20.8 Å². The smallest absolute Gasteiger partial charge is 0.330 e. The number of ether oxygens (including phenoxy) is 2. The van der Waals surface area contributed by atoms with Gasteiger partial charge < -0.3 is 20.1 Å². The Hall–Kier alpha value is -2.13. The second kappa shape index (κ2) is 10.1. The fourth-order valence-corrected chi connectivity index (χ4v) is 2.45. The zero-order valence-corrected chi connectivity index (χ0v) is 16.2. The van der Waals surface area contributed by atoms with Crippen molar-refractivity contribution in [2.75, 3.05) is 44.1 Å². The lowest BCUT2D eigenvalue weighted by Crippen LogP contribution is -2.44. The van der Waals surface area contributed by atoms with Crippen molar-refractivity contribution in [3.8, 4) is 0 Å². The molecule has 26 heavy (non-hydrogen) atoms. The number of aromatic amines is 1. The van der Waals surface area contributed by atoms with Gasteiger partial charge in [-0.15, -0.1) is 0 Å². The molecule has 1 rings (SSSR count).